The second kappa shape index (κ2) is 8.71. The summed E-state index contributed by atoms with van der Waals surface area (Å²) >= 11 is 0. The summed E-state index contributed by atoms with van der Waals surface area (Å²) in [5.74, 6) is -0.573. The minimum atomic E-state index is -0.795. The maximum Gasteiger partial charge on any atom is 0.314 e. The third kappa shape index (κ3) is 4.34. The number of carbonyl (C=O) groups is 2. The standard InChI is InChI=1S/C21H27FN2O4/c1-3-19(25)24-10-6-9-21(14-24,20(26)27-4-2)13-17-12-18(23-28-17)15-7-5-8-16(22)11-15/h5,7-8,11,17H,3-4,6,9-10,12-14H2,1-2H3/t17-,21-/m0/s1. The molecule has 7 heteroatoms. The monoisotopic (exact) mass is 390 g/mol. The Morgan fingerprint density at radius 1 is 1.39 bits per heavy atom. The van der Waals surface area contributed by atoms with Crippen molar-refractivity contribution in [2.45, 2.75) is 52.1 Å². The van der Waals surface area contributed by atoms with Crippen LogP contribution in [0.15, 0.2) is 29.4 Å². The van der Waals surface area contributed by atoms with Gasteiger partial charge in [0.25, 0.3) is 0 Å². The molecule has 28 heavy (non-hydrogen) atoms. The summed E-state index contributed by atoms with van der Waals surface area (Å²) in [6.07, 6.45) is 2.41. The minimum absolute atomic E-state index is 0.0393. The van der Waals surface area contributed by atoms with Gasteiger partial charge in [-0.1, -0.05) is 24.2 Å². The molecular formula is C21H27FN2O4. The van der Waals surface area contributed by atoms with Gasteiger partial charge in [0, 0.05) is 37.9 Å². The minimum Gasteiger partial charge on any atom is -0.466 e. The molecule has 0 aromatic heterocycles. The number of amides is 1. The zero-order valence-electron chi connectivity index (χ0n) is 16.4. The number of hydrogen-bond acceptors (Lipinski definition) is 5. The summed E-state index contributed by atoms with van der Waals surface area (Å²) in [5.41, 5.74) is 0.552. The first-order valence-electron chi connectivity index (χ1n) is 9.91. The normalized spacial score (nSPS) is 24.5. The molecule has 2 aliphatic rings. The number of benzene rings is 1. The molecule has 6 nitrogen and oxygen atoms in total. The van der Waals surface area contributed by atoms with Crippen LogP contribution in [0.5, 0.6) is 0 Å². The van der Waals surface area contributed by atoms with E-state index in [1.165, 1.54) is 12.1 Å². The summed E-state index contributed by atoms with van der Waals surface area (Å²) < 4.78 is 18.9. The number of halogens is 1. The first kappa shape index (κ1) is 20.3. The Hall–Kier alpha value is -2.44. The second-order valence-corrected chi connectivity index (χ2v) is 7.46. The third-order valence-electron chi connectivity index (χ3n) is 5.45. The highest BCUT2D eigenvalue weighted by molar-refractivity contribution is 6.01. The van der Waals surface area contributed by atoms with Gasteiger partial charge in [0.1, 0.15) is 11.9 Å². The van der Waals surface area contributed by atoms with Crippen LogP contribution in [0, 0.1) is 11.2 Å². The van der Waals surface area contributed by atoms with Crippen LogP contribution in [-0.4, -0.2) is 48.3 Å². The number of nitrogens with zero attached hydrogens (tertiary/aromatic N) is 2. The molecule has 0 aliphatic carbocycles. The van der Waals surface area contributed by atoms with E-state index in [4.69, 9.17) is 9.57 Å². The van der Waals surface area contributed by atoms with Crippen molar-refractivity contribution in [2.24, 2.45) is 10.6 Å². The van der Waals surface area contributed by atoms with Crippen molar-refractivity contribution in [1.82, 2.24) is 4.90 Å². The van der Waals surface area contributed by atoms with E-state index in [0.29, 0.717) is 56.7 Å². The molecule has 0 unspecified atom stereocenters. The van der Waals surface area contributed by atoms with Gasteiger partial charge >= 0.3 is 5.97 Å². The average molecular weight is 390 g/mol. The number of ether oxygens (including phenoxy) is 1. The zero-order valence-corrected chi connectivity index (χ0v) is 16.4. The lowest BCUT2D eigenvalue weighted by Crippen LogP contribution is -2.51. The lowest BCUT2D eigenvalue weighted by atomic mass is 9.74. The van der Waals surface area contributed by atoms with Gasteiger partial charge in [-0.25, -0.2) is 4.39 Å². The van der Waals surface area contributed by atoms with Crippen LogP contribution >= 0.6 is 0 Å². The predicted molar refractivity (Wildman–Crippen MR) is 102 cm³/mol. The second-order valence-electron chi connectivity index (χ2n) is 7.46. The Bertz CT molecular complexity index is 767. The van der Waals surface area contributed by atoms with Crippen LogP contribution < -0.4 is 0 Å². The molecule has 0 spiro atoms. The largest absolute Gasteiger partial charge is 0.466 e. The molecule has 2 atom stereocenters. The Morgan fingerprint density at radius 3 is 2.93 bits per heavy atom. The molecule has 1 amide bonds. The zero-order chi connectivity index (χ0) is 20.1. The topological polar surface area (TPSA) is 68.2 Å². The summed E-state index contributed by atoms with van der Waals surface area (Å²) in [7, 11) is 0. The molecule has 1 saturated heterocycles. The van der Waals surface area contributed by atoms with Gasteiger partial charge in [0.05, 0.1) is 17.7 Å². The molecule has 1 aromatic rings. The van der Waals surface area contributed by atoms with E-state index in [9.17, 15) is 14.0 Å². The lowest BCUT2D eigenvalue weighted by molar-refractivity contribution is -0.163. The van der Waals surface area contributed by atoms with Gasteiger partial charge < -0.3 is 14.5 Å². The number of esters is 1. The van der Waals surface area contributed by atoms with Crippen molar-refractivity contribution in [3.05, 3.63) is 35.6 Å². The number of piperidine rings is 1. The van der Waals surface area contributed by atoms with Gasteiger partial charge in [-0.15, -0.1) is 0 Å². The molecule has 1 fully saturated rings. The molecule has 0 radical (unpaired) electrons. The van der Waals surface area contributed by atoms with E-state index in [-0.39, 0.29) is 23.8 Å². The smallest absolute Gasteiger partial charge is 0.314 e. The number of hydrogen-bond donors (Lipinski definition) is 0. The fraction of sp³-hybridized carbons (Fsp3) is 0.571. The van der Waals surface area contributed by atoms with E-state index in [1.54, 1.807) is 24.0 Å². The van der Waals surface area contributed by atoms with Crippen LogP contribution in [0.3, 0.4) is 0 Å². The lowest BCUT2D eigenvalue weighted by Gasteiger charge is -2.41. The quantitative estimate of drug-likeness (QED) is 0.699. The van der Waals surface area contributed by atoms with E-state index in [1.807, 2.05) is 6.92 Å². The van der Waals surface area contributed by atoms with Crippen LogP contribution in [0.2, 0.25) is 0 Å². The Labute approximate surface area is 164 Å². The molecule has 2 aliphatic heterocycles. The van der Waals surface area contributed by atoms with Crippen LogP contribution in [0.25, 0.3) is 0 Å². The summed E-state index contributed by atoms with van der Waals surface area (Å²) in [5, 5.41) is 4.12. The van der Waals surface area contributed by atoms with E-state index in [0.717, 1.165) is 6.42 Å². The van der Waals surface area contributed by atoms with Crippen molar-refractivity contribution in [3.63, 3.8) is 0 Å². The molecule has 2 heterocycles. The van der Waals surface area contributed by atoms with Crippen molar-refractivity contribution in [1.29, 1.82) is 0 Å². The van der Waals surface area contributed by atoms with Crippen molar-refractivity contribution in [2.75, 3.05) is 19.7 Å². The van der Waals surface area contributed by atoms with Gasteiger partial charge in [0.15, 0.2) is 0 Å². The molecular weight excluding hydrogens is 363 g/mol. The first-order valence-corrected chi connectivity index (χ1v) is 9.91. The van der Waals surface area contributed by atoms with Gasteiger partial charge in [-0.05, 0) is 31.9 Å². The summed E-state index contributed by atoms with van der Waals surface area (Å²) in [6, 6.07) is 6.23. The number of carbonyl (C=O) groups excluding carboxylic acids is 2. The molecule has 1 aromatic carbocycles. The molecule has 0 N–H and O–H groups in total. The van der Waals surface area contributed by atoms with Gasteiger partial charge in [-0.2, -0.15) is 0 Å². The van der Waals surface area contributed by atoms with Gasteiger partial charge in [-0.3, -0.25) is 9.59 Å². The van der Waals surface area contributed by atoms with Crippen molar-refractivity contribution < 1.29 is 23.6 Å². The highest BCUT2D eigenvalue weighted by Crippen LogP contribution is 2.39. The third-order valence-corrected chi connectivity index (χ3v) is 5.45. The fourth-order valence-electron chi connectivity index (χ4n) is 4.08. The number of likely N-dealkylation sites (tertiary alicyclic amines) is 1. The maximum absolute atomic E-state index is 13.5. The van der Waals surface area contributed by atoms with Crippen LogP contribution in [-0.2, 0) is 19.2 Å². The molecule has 0 saturated carbocycles. The van der Waals surface area contributed by atoms with E-state index < -0.39 is 5.41 Å². The Morgan fingerprint density at radius 2 is 2.21 bits per heavy atom. The number of rotatable bonds is 6. The van der Waals surface area contributed by atoms with Crippen LogP contribution in [0.4, 0.5) is 4.39 Å². The molecule has 3 rings (SSSR count). The average Bonchev–Trinajstić information content (AvgIpc) is 3.16. The summed E-state index contributed by atoms with van der Waals surface area (Å²) in [6.45, 7) is 4.89. The van der Waals surface area contributed by atoms with Crippen molar-refractivity contribution in [3.8, 4) is 0 Å². The number of oxime groups is 1. The van der Waals surface area contributed by atoms with E-state index in [2.05, 4.69) is 5.16 Å². The van der Waals surface area contributed by atoms with E-state index >= 15 is 0 Å². The highest BCUT2D eigenvalue weighted by Gasteiger charge is 2.47. The molecule has 152 valence electrons. The Balaban J connectivity index is 1.74. The summed E-state index contributed by atoms with van der Waals surface area (Å²) in [4.78, 5) is 32.4. The van der Waals surface area contributed by atoms with Gasteiger partial charge in [0.2, 0.25) is 5.91 Å². The fourth-order valence-corrected chi connectivity index (χ4v) is 4.08. The molecule has 0 bridgehead atoms. The highest BCUT2D eigenvalue weighted by atomic mass is 19.1. The SMILES string of the molecule is CCOC(=O)[C@]1(C[C@@H]2CC(c3cccc(F)c3)=NO2)CCCN(C(=O)CC)C1. The maximum atomic E-state index is 13.5. The predicted octanol–water partition coefficient (Wildman–Crippen LogP) is 3.29. The van der Waals surface area contributed by atoms with Crippen LogP contribution in [0.1, 0.15) is 51.5 Å². The first-order chi connectivity index (χ1) is 13.5. The van der Waals surface area contributed by atoms with Crippen molar-refractivity contribution >= 4 is 17.6 Å². The Kier molecular flexibility index (Phi) is 6.31.